The van der Waals surface area contributed by atoms with E-state index in [4.69, 9.17) is 0 Å². The fourth-order valence-corrected chi connectivity index (χ4v) is 1.44. The third kappa shape index (κ3) is 3.09. The number of hydrogen-bond donors (Lipinski definition) is 1. The van der Waals surface area contributed by atoms with Gasteiger partial charge in [0.1, 0.15) is 0 Å². The summed E-state index contributed by atoms with van der Waals surface area (Å²) in [5.74, 6) is -0.328. The Morgan fingerprint density at radius 1 is 1.37 bits per heavy atom. The number of aryl methyl sites for hydroxylation is 1. The second-order valence-electron chi connectivity index (χ2n) is 3.78. The van der Waals surface area contributed by atoms with Gasteiger partial charge in [0.15, 0.2) is 0 Å². The monoisotopic (exact) mass is 258 g/mol. The van der Waals surface area contributed by atoms with Gasteiger partial charge in [0.05, 0.1) is 4.92 Å². The summed E-state index contributed by atoms with van der Waals surface area (Å²) in [6, 6.07) is 7.15. The van der Waals surface area contributed by atoms with Crippen molar-refractivity contribution in [3.63, 3.8) is 0 Å². The summed E-state index contributed by atoms with van der Waals surface area (Å²) >= 11 is 0. The molecule has 0 aliphatic heterocycles. The summed E-state index contributed by atoms with van der Waals surface area (Å²) in [5, 5.41) is 13.1. The Bertz CT molecular complexity index is 642. The summed E-state index contributed by atoms with van der Waals surface area (Å²) in [4.78, 5) is 29.9. The summed E-state index contributed by atoms with van der Waals surface area (Å²) < 4.78 is 0. The van der Waals surface area contributed by atoms with Crippen molar-refractivity contribution in [3.8, 4) is 0 Å². The molecule has 0 unspecified atom stereocenters. The van der Waals surface area contributed by atoms with Gasteiger partial charge in [-0.2, -0.15) is 0 Å². The van der Waals surface area contributed by atoms with Gasteiger partial charge in [-0.25, -0.2) is 9.97 Å². The molecule has 7 heteroatoms. The molecule has 1 heterocycles. The molecule has 0 aliphatic carbocycles. The van der Waals surface area contributed by atoms with Crippen LogP contribution >= 0.6 is 0 Å². The first kappa shape index (κ1) is 12.6. The lowest BCUT2D eigenvalue weighted by molar-refractivity contribution is -0.384. The van der Waals surface area contributed by atoms with E-state index in [0.29, 0.717) is 5.69 Å². The van der Waals surface area contributed by atoms with Crippen LogP contribution in [0.5, 0.6) is 0 Å². The average molecular weight is 258 g/mol. The van der Waals surface area contributed by atoms with E-state index >= 15 is 0 Å². The molecule has 1 N–H and O–H groups in total. The minimum absolute atomic E-state index is 0.141. The summed E-state index contributed by atoms with van der Waals surface area (Å²) in [7, 11) is 0. The molecule has 2 rings (SSSR count). The highest BCUT2D eigenvalue weighted by Gasteiger charge is 2.12. The minimum atomic E-state index is -0.556. The van der Waals surface area contributed by atoms with Crippen molar-refractivity contribution in [1.29, 1.82) is 0 Å². The fourth-order valence-electron chi connectivity index (χ4n) is 1.44. The lowest BCUT2D eigenvalue weighted by atomic mass is 10.2. The molecule has 0 bridgehead atoms. The Hall–Kier alpha value is -2.83. The molecule has 0 aliphatic rings. The van der Waals surface area contributed by atoms with Gasteiger partial charge in [0.25, 0.3) is 11.6 Å². The van der Waals surface area contributed by atoms with Crippen LogP contribution in [0, 0.1) is 17.0 Å². The molecule has 7 nitrogen and oxygen atoms in total. The van der Waals surface area contributed by atoms with Crippen LogP contribution in [0.15, 0.2) is 36.5 Å². The molecule has 1 amide bonds. The SMILES string of the molecule is Cc1ccnc(NC(=O)c2cccc([N+](=O)[O-])c2)n1. The van der Waals surface area contributed by atoms with Gasteiger partial charge < -0.3 is 0 Å². The van der Waals surface area contributed by atoms with Gasteiger partial charge in [-0.05, 0) is 19.1 Å². The summed E-state index contributed by atoms with van der Waals surface area (Å²) in [6.45, 7) is 1.77. The van der Waals surface area contributed by atoms with E-state index in [1.54, 1.807) is 13.0 Å². The summed E-state index contributed by atoms with van der Waals surface area (Å²) in [5.41, 5.74) is 0.751. The smallest absolute Gasteiger partial charge is 0.270 e. The number of benzene rings is 1. The zero-order valence-electron chi connectivity index (χ0n) is 10.0. The van der Waals surface area contributed by atoms with Crippen molar-refractivity contribution in [1.82, 2.24) is 9.97 Å². The number of non-ortho nitro benzene ring substituents is 1. The third-order valence-corrected chi connectivity index (χ3v) is 2.34. The second kappa shape index (κ2) is 5.21. The second-order valence-corrected chi connectivity index (χ2v) is 3.78. The van der Waals surface area contributed by atoms with Crippen LogP contribution in [-0.2, 0) is 0 Å². The highest BCUT2D eigenvalue weighted by Crippen LogP contribution is 2.14. The van der Waals surface area contributed by atoms with Crippen molar-refractivity contribution in [2.45, 2.75) is 6.92 Å². The largest absolute Gasteiger partial charge is 0.290 e. The van der Waals surface area contributed by atoms with Crippen LogP contribution in [0.1, 0.15) is 16.1 Å². The maximum Gasteiger partial charge on any atom is 0.270 e. The molecular formula is C12H10N4O3. The number of carbonyl (C=O) groups is 1. The predicted molar refractivity (Wildman–Crippen MR) is 67.8 cm³/mol. The summed E-state index contributed by atoms with van der Waals surface area (Å²) in [6.07, 6.45) is 1.52. The first-order valence-corrected chi connectivity index (χ1v) is 5.42. The normalized spacial score (nSPS) is 9.95. The Kier molecular flexibility index (Phi) is 3.46. The molecule has 0 atom stereocenters. The van der Waals surface area contributed by atoms with Crippen LogP contribution in [0.4, 0.5) is 11.6 Å². The topological polar surface area (TPSA) is 98.0 Å². The maximum atomic E-state index is 11.9. The van der Waals surface area contributed by atoms with E-state index in [2.05, 4.69) is 15.3 Å². The van der Waals surface area contributed by atoms with Crippen molar-refractivity contribution < 1.29 is 9.72 Å². The lowest BCUT2D eigenvalue weighted by Gasteiger charge is -2.03. The number of carbonyl (C=O) groups excluding carboxylic acids is 1. The van der Waals surface area contributed by atoms with Crippen molar-refractivity contribution >= 4 is 17.5 Å². The Balaban J connectivity index is 2.20. The van der Waals surface area contributed by atoms with Gasteiger partial charge in [0, 0.05) is 29.6 Å². The molecule has 2 aromatic rings. The van der Waals surface area contributed by atoms with Crippen LogP contribution < -0.4 is 5.32 Å². The van der Waals surface area contributed by atoms with E-state index in [9.17, 15) is 14.9 Å². The van der Waals surface area contributed by atoms with E-state index in [-0.39, 0.29) is 17.2 Å². The Morgan fingerprint density at radius 3 is 2.84 bits per heavy atom. The minimum Gasteiger partial charge on any atom is -0.290 e. The van der Waals surface area contributed by atoms with Crippen LogP contribution in [-0.4, -0.2) is 20.8 Å². The lowest BCUT2D eigenvalue weighted by Crippen LogP contribution is -2.14. The predicted octanol–water partition coefficient (Wildman–Crippen LogP) is 1.95. The third-order valence-electron chi connectivity index (χ3n) is 2.34. The van der Waals surface area contributed by atoms with Gasteiger partial charge >= 0.3 is 0 Å². The van der Waals surface area contributed by atoms with Crippen LogP contribution in [0.25, 0.3) is 0 Å². The van der Waals surface area contributed by atoms with Crippen LogP contribution in [0.3, 0.4) is 0 Å². The van der Waals surface area contributed by atoms with Gasteiger partial charge in [-0.3, -0.25) is 20.2 Å². The zero-order valence-corrected chi connectivity index (χ0v) is 10.0. The first-order valence-electron chi connectivity index (χ1n) is 5.42. The molecule has 0 radical (unpaired) electrons. The van der Waals surface area contributed by atoms with Crippen molar-refractivity contribution in [2.24, 2.45) is 0 Å². The zero-order chi connectivity index (χ0) is 13.8. The van der Waals surface area contributed by atoms with E-state index in [0.717, 1.165) is 0 Å². The first-order chi connectivity index (χ1) is 9.06. The van der Waals surface area contributed by atoms with Crippen molar-refractivity contribution in [2.75, 3.05) is 5.32 Å². The quantitative estimate of drug-likeness (QED) is 0.670. The average Bonchev–Trinajstić information content (AvgIpc) is 2.39. The number of rotatable bonds is 3. The Morgan fingerprint density at radius 2 is 2.16 bits per heavy atom. The van der Waals surface area contributed by atoms with Gasteiger partial charge in [0.2, 0.25) is 5.95 Å². The maximum absolute atomic E-state index is 11.9. The van der Waals surface area contributed by atoms with Gasteiger partial charge in [-0.1, -0.05) is 6.07 Å². The molecular weight excluding hydrogens is 248 g/mol. The van der Waals surface area contributed by atoms with E-state index in [1.165, 1.54) is 30.5 Å². The number of amides is 1. The highest BCUT2D eigenvalue weighted by atomic mass is 16.6. The van der Waals surface area contributed by atoms with Gasteiger partial charge in [-0.15, -0.1) is 0 Å². The number of hydrogen-bond acceptors (Lipinski definition) is 5. The number of nitrogens with one attached hydrogen (secondary N) is 1. The van der Waals surface area contributed by atoms with Crippen LogP contribution in [0.2, 0.25) is 0 Å². The molecule has 0 saturated carbocycles. The standard InChI is InChI=1S/C12H10N4O3/c1-8-5-6-13-12(14-8)15-11(17)9-3-2-4-10(7-9)16(18)19/h2-7H,1H3,(H,13,14,15,17). The number of aromatic nitrogens is 2. The number of nitro groups is 1. The number of nitrogens with zero attached hydrogens (tertiary/aromatic N) is 3. The molecule has 19 heavy (non-hydrogen) atoms. The number of anilines is 1. The highest BCUT2D eigenvalue weighted by molar-refractivity contribution is 6.03. The molecule has 0 spiro atoms. The number of nitro benzene ring substituents is 1. The van der Waals surface area contributed by atoms with Crippen molar-refractivity contribution in [3.05, 3.63) is 57.9 Å². The molecule has 0 saturated heterocycles. The van der Waals surface area contributed by atoms with E-state index in [1.807, 2.05) is 0 Å². The fraction of sp³-hybridized carbons (Fsp3) is 0.0833. The molecule has 1 aromatic heterocycles. The van der Waals surface area contributed by atoms with E-state index < -0.39 is 10.8 Å². The molecule has 0 fully saturated rings. The Labute approximate surface area is 108 Å². The molecule has 96 valence electrons. The molecule has 1 aromatic carbocycles.